The zero-order valence-corrected chi connectivity index (χ0v) is 11.4. The van der Waals surface area contributed by atoms with E-state index in [0.29, 0.717) is 18.3 Å². The van der Waals surface area contributed by atoms with Crippen molar-refractivity contribution < 1.29 is 14.3 Å². The minimum atomic E-state index is -0.667. The molecule has 102 valence electrons. The van der Waals surface area contributed by atoms with Crippen LogP contribution in [0.2, 0.25) is 0 Å². The maximum Gasteiger partial charge on any atom is 0.138 e. The molecule has 1 heterocycles. The summed E-state index contributed by atoms with van der Waals surface area (Å²) in [6, 6.07) is 7.97. The van der Waals surface area contributed by atoms with Crippen LogP contribution >= 0.6 is 0 Å². The predicted octanol–water partition coefficient (Wildman–Crippen LogP) is 3.59. The minimum absolute atomic E-state index is 0.133. The van der Waals surface area contributed by atoms with Crippen molar-refractivity contribution in [1.29, 1.82) is 0 Å². The Morgan fingerprint density at radius 2 is 2.16 bits per heavy atom. The van der Waals surface area contributed by atoms with Crippen LogP contribution in [0, 0.1) is 12.8 Å². The molecule has 1 aliphatic rings. The summed E-state index contributed by atoms with van der Waals surface area (Å²) >= 11 is 0. The van der Waals surface area contributed by atoms with Crippen molar-refractivity contribution in [3.05, 3.63) is 35.6 Å². The molecule has 0 aliphatic heterocycles. The van der Waals surface area contributed by atoms with Crippen molar-refractivity contribution in [2.45, 2.75) is 38.9 Å². The largest absolute Gasteiger partial charge is 0.458 e. The second-order valence-corrected chi connectivity index (χ2v) is 5.39. The average molecular weight is 260 g/mol. The number of furan rings is 1. The first-order valence-electron chi connectivity index (χ1n) is 6.99. The van der Waals surface area contributed by atoms with E-state index >= 15 is 0 Å². The van der Waals surface area contributed by atoms with Gasteiger partial charge in [-0.3, -0.25) is 0 Å². The predicted molar refractivity (Wildman–Crippen MR) is 74.0 cm³/mol. The van der Waals surface area contributed by atoms with Crippen LogP contribution in [0.3, 0.4) is 0 Å². The van der Waals surface area contributed by atoms with Crippen molar-refractivity contribution in [3.63, 3.8) is 0 Å². The molecule has 1 saturated carbocycles. The smallest absolute Gasteiger partial charge is 0.138 e. The van der Waals surface area contributed by atoms with Crippen LogP contribution in [0.15, 0.2) is 28.7 Å². The fraction of sp³-hybridized carbons (Fsp3) is 0.500. The topological polar surface area (TPSA) is 42.6 Å². The number of hydrogen-bond donors (Lipinski definition) is 1. The number of aliphatic hydroxyl groups excluding tert-OH is 1. The lowest BCUT2D eigenvalue weighted by Gasteiger charge is -2.20. The molecule has 0 bridgehead atoms. The molecule has 2 atom stereocenters. The van der Waals surface area contributed by atoms with E-state index in [1.165, 1.54) is 5.56 Å². The highest BCUT2D eigenvalue weighted by molar-refractivity contribution is 5.78. The van der Waals surface area contributed by atoms with Crippen molar-refractivity contribution in [1.82, 2.24) is 0 Å². The summed E-state index contributed by atoms with van der Waals surface area (Å²) in [5.74, 6) is 1.09. The molecular formula is C16H20O3. The van der Waals surface area contributed by atoms with Gasteiger partial charge in [-0.2, -0.15) is 0 Å². The maximum atomic E-state index is 10.5. The van der Waals surface area contributed by atoms with Gasteiger partial charge < -0.3 is 14.3 Å². The van der Waals surface area contributed by atoms with E-state index in [1.54, 1.807) is 0 Å². The molecule has 0 spiro atoms. The number of hydrogen-bond acceptors (Lipinski definition) is 3. The molecule has 3 heteroatoms. The SMILES string of the molecule is CCOC(C1CC1)C(O)c1cc2cc(C)ccc2o1. The van der Waals surface area contributed by atoms with E-state index < -0.39 is 6.10 Å². The van der Waals surface area contributed by atoms with E-state index in [-0.39, 0.29) is 6.10 Å². The summed E-state index contributed by atoms with van der Waals surface area (Å²) in [4.78, 5) is 0. The third-order valence-electron chi connectivity index (χ3n) is 3.74. The van der Waals surface area contributed by atoms with Gasteiger partial charge >= 0.3 is 0 Å². The molecule has 3 rings (SSSR count). The minimum Gasteiger partial charge on any atom is -0.458 e. The number of fused-ring (bicyclic) bond motifs is 1. The normalized spacial score (nSPS) is 18.7. The van der Waals surface area contributed by atoms with Crippen LogP contribution in [0.5, 0.6) is 0 Å². The number of aryl methyl sites for hydroxylation is 1. The van der Waals surface area contributed by atoms with Crippen LogP contribution < -0.4 is 0 Å². The summed E-state index contributed by atoms with van der Waals surface area (Å²) in [5.41, 5.74) is 2.02. The summed E-state index contributed by atoms with van der Waals surface area (Å²) < 4.78 is 11.5. The second-order valence-electron chi connectivity index (χ2n) is 5.39. The van der Waals surface area contributed by atoms with Crippen molar-refractivity contribution in [2.75, 3.05) is 6.61 Å². The van der Waals surface area contributed by atoms with Gasteiger partial charge in [-0.25, -0.2) is 0 Å². The van der Waals surface area contributed by atoms with Gasteiger partial charge in [0.05, 0.1) is 6.10 Å². The zero-order valence-electron chi connectivity index (χ0n) is 11.4. The van der Waals surface area contributed by atoms with Crippen molar-refractivity contribution >= 4 is 11.0 Å². The number of rotatable bonds is 5. The fourth-order valence-corrected chi connectivity index (χ4v) is 2.59. The second kappa shape index (κ2) is 4.99. The highest BCUT2D eigenvalue weighted by Crippen LogP contribution is 2.41. The summed E-state index contributed by atoms with van der Waals surface area (Å²) in [7, 11) is 0. The van der Waals surface area contributed by atoms with E-state index in [0.717, 1.165) is 23.8 Å². The van der Waals surface area contributed by atoms with Gasteiger partial charge in [0.25, 0.3) is 0 Å². The van der Waals surface area contributed by atoms with Crippen LogP contribution in [-0.2, 0) is 4.74 Å². The first-order valence-corrected chi connectivity index (χ1v) is 6.99. The standard InChI is InChI=1S/C16H20O3/c1-3-18-16(11-5-6-11)15(17)14-9-12-8-10(2)4-7-13(12)19-14/h4,7-9,11,15-17H,3,5-6H2,1-2H3. The van der Waals surface area contributed by atoms with Crippen LogP contribution in [-0.4, -0.2) is 17.8 Å². The lowest BCUT2D eigenvalue weighted by atomic mass is 10.1. The highest BCUT2D eigenvalue weighted by atomic mass is 16.5. The molecule has 0 saturated heterocycles. The molecule has 3 nitrogen and oxygen atoms in total. The molecule has 1 aliphatic carbocycles. The lowest BCUT2D eigenvalue weighted by molar-refractivity contribution is -0.0538. The Bertz CT molecular complexity index is 568. The zero-order chi connectivity index (χ0) is 13.4. The maximum absolute atomic E-state index is 10.5. The Labute approximate surface area is 113 Å². The monoisotopic (exact) mass is 260 g/mol. The summed E-state index contributed by atoms with van der Waals surface area (Å²) in [6.07, 6.45) is 1.48. The Hall–Kier alpha value is -1.32. The van der Waals surface area contributed by atoms with Crippen LogP contribution in [0.25, 0.3) is 11.0 Å². The van der Waals surface area contributed by atoms with Crippen LogP contribution in [0.4, 0.5) is 0 Å². The quantitative estimate of drug-likeness (QED) is 0.893. The molecule has 1 aromatic heterocycles. The Morgan fingerprint density at radius 1 is 1.37 bits per heavy atom. The third-order valence-corrected chi connectivity index (χ3v) is 3.74. The highest BCUT2D eigenvalue weighted by Gasteiger charge is 2.38. The van der Waals surface area contributed by atoms with Gasteiger partial charge in [0.2, 0.25) is 0 Å². The molecule has 1 fully saturated rings. The van der Waals surface area contributed by atoms with Crippen LogP contribution in [0.1, 0.15) is 37.2 Å². The van der Waals surface area contributed by atoms with E-state index in [2.05, 4.69) is 13.0 Å². The molecular weight excluding hydrogens is 240 g/mol. The number of ether oxygens (including phenoxy) is 1. The van der Waals surface area contributed by atoms with Gasteiger partial charge in [-0.05, 0) is 50.8 Å². The lowest BCUT2D eigenvalue weighted by Crippen LogP contribution is -2.24. The van der Waals surface area contributed by atoms with Crippen molar-refractivity contribution in [2.24, 2.45) is 5.92 Å². The third kappa shape index (κ3) is 2.53. The average Bonchev–Trinajstić information content (AvgIpc) is 3.14. The number of benzene rings is 1. The molecule has 2 unspecified atom stereocenters. The molecule has 0 amide bonds. The Balaban J connectivity index is 1.89. The van der Waals surface area contributed by atoms with Crippen molar-refractivity contribution in [3.8, 4) is 0 Å². The fourth-order valence-electron chi connectivity index (χ4n) is 2.59. The van der Waals surface area contributed by atoms with E-state index in [4.69, 9.17) is 9.15 Å². The molecule has 19 heavy (non-hydrogen) atoms. The molecule has 0 radical (unpaired) electrons. The van der Waals surface area contributed by atoms with Gasteiger partial charge in [0.15, 0.2) is 0 Å². The summed E-state index contributed by atoms with van der Waals surface area (Å²) in [5, 5.41) is 11.5. The number of aliphatic hydroxyl groups is 1. The molecule has 1 aromatic carbocycles. The molecule has 1 N–H and O–H groups in total. The Kier molecular flexibility index (Phi) is 3.33. The first-order chi connectivity index (χ1) is 9.19. The van der Waals surface area contributed by atoms with E-state index in [1.807, 2.05) is 25.1 Å². The Morgan fingerprint density at radius 3 is 2.84 bits per heavy atom. The van der Waals surface area contributed by atoms with Gasteiger partial charge in [-0.1, -0.05) is 11.6 Å². The first kappa shape index (κ1) is 12.7. The molecule has 2 aromatic rings. The van der Waals surface area contributed by atoms with Gasteiger partial charge in [0, 0.05) is 12.0 Å². The van der Waals surface area contributed by atoms with Gasteiger partial charge in [-0.15, -0.1) is 0 Å². The van der Waals surface area contributed by atoms with Gasteiger partial charge in [0.1, 0.15) is 17.4 Å². The van der Waals surface area contributed by atoms with E-state index in [9.17, 15) is 5.11 Å². The summed E-state index contributed by atoms with van der Waals surface area (Å²) in [6.45, 7) is 4.64.